The molecule has 4 heteroatoms. The largest absolute Gasteiger partial charge is 0.378 e. The zero-order valence-corrected chi connectivity index (χ0v) is 12.0. The van der Waals surface area contributed by atoms with Crippen molar-refractivity contribution in [1.82, 2.24) is 4.90 Å². The summed E-state index contributed by atoms with van der Waals surface area (Å²) in [5.41, 5.74) is 1.81. The molecule has 0 unspecified atom stereocenters. The number of amides is 1. The lowest BCUT2D eigenvalue weighted by molar-refractivity contribution is -0.122. The predicted molar refractivity (Wildman–Crippen MR) is 78.0 cm³/mol. The predicted octanol–water partition coefficient (Wildman–Crippen LogP) is 2.09. The van der Waals surface area contributed by atoms with Gasteiger partial charge in [-0.15, -0.1) is 0 Å². The molecule has 3 rings (SSSR count). The molecule has 2 saturated heterocycles. The van der Waals surface area contributed by atoms with E-state index in [0.29, 0.717) is 18.6 Å². The maximum absolute atomic E-state index is 12.6. The van der Waals surface area contributed by atoms with Crippen LogP contribution in [0.3, 0.4) is 0 Å². The van der Waals surface area contributed by atoms with Crippen molar-refractivity contribution in [1.29, 1.82) is 0 Å². The number of fused-ring (bicyclic) bond motifs is 2. The molecule has 2 bridgehead atoms. The van der Waals surface area contributed by atoms with Gasteiger partial charge in [-0.1, -0.05) is 0 Å². The fraction of sp³-hybridized carbons (Fsp3) is 0.500. The number of benzene rings is 1. The average Bonchev–Trinajstić information content (AvgIpc) is 2.70. The van der Waals surface area contributed by atoms with E-state index in [1.54, 1.807) is 0 Å². The number of carbonyl (C=O) groups is 2. The van der Waals surface area contributed by atoms with Gasteiger partial charge >= 0.3 is 0 Å². The lowest BCUT2D eigenvalue weighted by Gasteiger charge is -2.34. The molecule has 0 aromatic heterocycles. The van der Waals surface area contributed by atoms with Gasteiger partial charge in [0, 0.05) is 50.3 Å². The van der Waals surface area contributed by atoms with Crippen molar-refractivity contribution in [2.24, 2.45) is 0 Å². The molecule has 0 saturated carbocycles. The minimum Gasteiger partial charge on any atom is -0.378 e. The van der Waals surface area contributed by atoms with Gasteiger partial charge in [-0.2, -0.15) is 0 Å². The summed E-state index contributed by atoms with van der Waals surface area (Å²) in [6, 6.07) is 7.94. The molecule has 106 valence electrons. The van der Waals surface area contributed by atoms with Crippen LogP contribution in [0.1, 0.15) is 36.0 Å². The molecule has 2 atom stereocenters. The van der Waals surface area contributed by atoms with Gasteiger partial charge in [0.2, 0.25) is 0 Å². The number of piperidine rings is 1. The van der Waals surface area contributed by atoms with E-state index < -0.39 is 0 Å². The first kappa shape index (κ1) is 13.2. The minimum atomic E-state index is 0.0790. The smallest absolute Gasteiger partial charge is 0.254 e. The molecule has 0 aliphatic carbocycles. The highest BCUT2D eigenvalue weighted by molar-refractivity contribution is 5.96. The van der Waals surface area contributed by atoms with Gasteiger partial charge in [0.25, 0.3) is 5.91 Å². The SMILES string of the molecule is CN(C)c1ccc(C(=O)N2[C@H]3CC[C@H]2CC(=O)C3)cc1. The summed E-state index contributed by atoms with van der Waals surface area (Å²) >= 11 is 0. The van der Waals surface area contributed by atoms with E-state index in [-0.39, 0.29) is 18.0 Å². The molecule has 2 aliphatic rings. The summed E-state index contributed by atoms with van der Waals surface area (Å²) in [5.74, 6) is 0.389. The fourth-order valence-electron chi connectivity index (χ4n) is 3.35. The molecular weight excluding hydrogens is 252 g/mol. The Balaban J connectivity index is 1.81. The van der Waals surface area contributed by atoms with Crippen molar-refractivity contribution in [2.75, 3.05) is 19.0 Å². The van der Waals surface area contributed by atoms with Gasteiger partial charge < -0.3 is 9.80 Å². The van der Waals surface area contributed by atoms with Crippen LogP contribution in [0.15, 0.2) is 24.3 Å². The highest BCUT2D eigenvalue weighted by Crippen LogP contribution is 2.35. The average molecular weight is 272 g/mol. The first-order valence-corrected chi connectivity index (χ1v) is 7.18. The maximum Gasteiger partial charge on any atom is 0.254 e. The third-order valence-electron chi connectivity index (χ3n) is 4.41. The molecular formula is C16H20N2O2. The molecule has 20 heavy (non-hydrogen) atoms. The molecule has 2 aliphatic heterocycles. The van der Waals surface area contributed by atoms with Crippen molar-refractivity contribution >= 4 is 17.4 Å². The van der Waals surface area contributed by atoms with Gasteiger partial charge in [0.05, 0.1) is 0 Å². The molecule has 0 radical (unpaired) electrons. The van der Waals surface area contributed by atoms with E-state index in [2.05, 4.69) is 0 Å². The summed E-state index contributed by atoms with van der Waals surface area (Å²) in [4.78, 5) is 28.2. The Morgan fingerprint density at radius 2 is 1.65 bits per heavy atom. The van der Waals surface area contributed by atoms with Crippen LogP contribution < -0.4 is 4.90 Å². The second-order valence-corrected chi connectivity index (χ2v) is 5.99. The third kappa shape index (κ3) is 2.19. The van der Waals surface area contributed by atoms with Crippen LogP contribution in [0.4, 0.5) is 5.69 Å². The Labute approximate surface area is 119 Å². The second kappa shape index (κ2) is 4.93. The fourth-order valence-corrected chi connectivity index (χ4v) is 3.35. The van der Waals surface area contributed by atoms with Gasteiger partial charge in [-0.05, 0) is 37.1 Å². The van der Waals surface area contributed by atoms with E-state index in [4.69, 9.17) is 0 Å². The molecule has 2 fully saturated rings. The van der Waals surface area contributed by atoms with E-state index in [1.807, 2.05) is 48.2 Å². The molecule has 1 aromatic carbocycles. The zero-order valence-electron chi connectivity index (χ0n) is 12.0. The number of rotatable bonds is 2. The highest BCUT2D eigenvalue weighted by atomic mass is 16.2. The quantitative estimate of drug-likeness (QED) is 0.827. The first-order chi connectivity index (χ1) is 9.56. The van der Waals surface area contributed by atoms with E-state index in [0.717, 1.165) is 24.1 Å². The van der Waals surface area contributed by atoms with Crippen LogP contribution in [0.5, 0.6) is 0 Å². The van der Waals surface area contributed by atoms with E-state index in [9.17, 15) is 9.59 Å². The van der Waals surface area contributed by atoms with Crippen LogP contribution >= 0.6 is 0 Å². The Kier molecular flexibility index (Phi) is 3.24. The number of ketones is 1. The number of hydrogen-bond acceptors (Lipinski definition) is 3. The van der Waals surface area contributed by atoms with Crippen molar-refractivity contribution in [3.05, 3.63) is 29.8 Å². The van der Waals surface area contributed by atoms with Crippen molar-refractivity contribution in [3.63, 3.8) is 0 Å². The van der Waals surface area contributed by atoms with Gasteiger partial charge in [0.15, 0.2) is 0 Å². The number of anilines is 1. The van der Waals surface area contributed by atoms with Crippen LogP contribution in [0.2, 0.25) is 0 Å². The lowest BCUT2D eigenvalue weighted by atomic mass is 10.00. The van der Waals surface area contributed by atoms with Crippen LogP contribution in [0.25, 0.3) is 0 Å². The van der Waals surface area contributed by atoms with Crippen molar-refractivity contribution < 1.29 is 9.59 Å². The van der Waals surface area contributed by atoms with Crippen molar-refractivity contribution in [3.8, 4) is 0 Å². The summed E-state index contributed by atoms with van der Waals surface area (Å²) in [6.45, 7) is 0. The lowest BCUT2D eigenvalue weighted by Crippen LogP contribution is -2.46. The number of hydrogen-bond donors (Lipinski definition) is 0. The Bertz CT molecular complexity index is 520. The van der Waals surface area contributed by atoms with Gasteiger partial charge in [-0.3, -0.25) is 9.59 Å². The van der Waals surface area contributed by atoms with Crippen molar-refractivity contribution in [2.45, 2.75) is 37.8 Å². The number of Topliss-reactive ketones (excluding diaryl/α,β-unsaturated/α-hetero) is 1. The summed E-state index contributed by atoms with van der Waals surface area (Å²) < 4.78 is 0. The zero-order chi connectivity index (χ0) is 14.3. The third-order valence-corrected chi connectivity index (χ3v) is 4.41. The normalized spacial score (nSPS) is 24.9. The monoisotopic (exact) mass is 272 g/mol. The second-order valence-electron chi connectivity index (χ2n) is 5.99. The Morgan fingerprint density at radius 3 is 2.15 bits per heavy atom. The van der Waals surface area contributed by atoms with Gasteiger partial charge in [-0.25, -0.2) is 0 Å². The summed E-state index contributed by atoms with van der Waals surface area (Å²) in [5, 5.41) is 0. The molecule has 4 nitrogen and oxygen atoms in total. The first-order valence-electron chi connectivity index (χ1n) is 7.18. The molecule has 0 N–H and O–H groups in total. The molecule has 2 heterocycles. The van der Waals surface area contributed by atoms with E-state index >= 15 is 0 Å². The standard InChI is InChI=1S/C16H20N2O2/c1-17(2)12-5-3-11(4-6-12)16(20)18-13-7-8-14(18)10-15(19)9-13/h3-6,13-14H,7-10H2,1-2H3/t13-,14-/m0/s1. The number of nitrogens with zero attached hydrogens (tertiary/aromatic N) is 2. The highest BCUT2D eigenvalue weighted by Gasteiger charge is 2.42. The van der Waals surface area contributed by atoms with Crippen LogP contribution in [-0.4, -0.2) is 42.8 Å². The maximum atomic E-state index is 12.6. The summed E-state index contributed by atoms with van der Waals surface area (Å²) in [6.07, 6.45) is 3.02. The molecule has 1 amide bonds. The Hall–Kier alpha value is -1.84. The number of carbonyl (C=O) groups excluding carboxylic acids is 2. The Morgan fingerprint density at radius 1 is 1.10 bits per heavy atom. The summed E-state index contributed by atoms with van der Waals surface area (Å²) in [7, 11) is 3.96. The van der Waals surface area contributed by atoms with Crippen LogP contribution in [0, 0.1) is 0 Å². The van der Waals surface area contributed by atoms with Crippen LogP contribution in [-0.2, 0) is 4.79 Å². The van der Waals surface area contributed by atoms with Gasteiger partial charge in [0.1, 0.15) is 5.78 Å². The molecule has 0 spiro atoms. The topological polar surface area (TPSA) is 40.6 Å². The minimum absolute atomic E-state index is 0.0790. The molecule has 1 aromatic rings. The van der Waals surface area contributed by atoms with E-state index in [1.165, 1.54) is 0 Å².